The van der Waals surface area contributed by atoms with Crippen molar-refractivity contribution >= 4 is 12.1 Å². The molecule has 164 valence electrons. The smallest absolute Gasteiger partial charge is 0.407 e. The molecule has 1 amide bonds. The number of ether oxygens (including phenoxy) is 3. The molecule has 0 heterocycles. The first-order valence-electron chi connectivity index (χ1n) is 9.93. The van der Waals surface area contributed by atoms with Gasteiger partial charge in [-0.05, 0) is 57.7 Å². The number of alkyl carbamates (subject to hydrolysis) is 1. The van der Waals surface area contributed by atoms with Crippen LogP contribution in [-0.4, -0.2) is 48.6 Å². The second-order valence-electron chi connectivity index (χ2n) is 7.71. The first kappa shape index (κ1) is 24.7. The Bertz CT molecular complexity index is 613. The number of nitrogens with one attached hydrogen (secondary N) is 1. The zero-order valence-electron chi connectivity index (χ0n) is 17.6. The third-order valence-electron chi connectivity index (χ3n) is 3.79. The molecular weight excluding hydrogens is 376 g/mol. The average molecular weight is 411 g/mol. The number of carbonyl (C=O) groups excluding carboxylic acids is 2. The Hall–Kier alpha value is -2.32. The van der Waals surface area contributed by atoms with Gasteiger partial charge in [0.2, 0.25) is 0 Å². The van der Waals surface area contributed by atoms with Gasteiger partial charge in [-0.1, -0.05) is 12.1 Å². The molecule has 1 aromatic rings. The van der Waals surface area contributed by atoms with Crippen molar-refractivity contribution in [1.29, 1.82) is 0 Å². The summed E-state index contributed by atoms with van der Waals surface area (Å²) in [5.41, 5.74) is 6.18. The Morgan fingerprint density at radius 2 is 1.83 bits per heavy atom. The van der Waals surface area contributed by atoms with Crippen LogP contribution in [0.2, 0.25) is 0 Å². The van der Waals surface area contributed by atoms with Crippen LogP contribution in [0.1, 0.15) is 52.0 Å². The molecule has 0 radical (unpaired) electrons. The number of carbonyl (C=O) groups is 2. The molecule has 1 aromatic carbocycles. The molecule has 0 aliphatic carbocycles. The van der Waals surface area contributed by atoms with Crippen molar-refractivity contribution in [3.8, 4) is 5.75 Å². The summed E-state index contributed by atoms with van der Waals surface area (Å²) < 4.78 is 15.8. The van der Waals surface area contributed by atoms with Gasteiger partial charge in [0, 0.05) is 19.6 Å². The van der Waals surface area contributed by atoms with E-state index in [9.17, 15) is 9.59 Å². The van der Waals surface area contributed by atoms with E-state index >= 15 is 0 Å². The third-order valence-corrected chi connectivity index (χ3v) is 3.79. The van der Waals surface area contributed by atoms with E-state index in [1.807, 2.05) is 12.1 Å². The van der Waals surface area contributed by atoms with Gasteiger partial charge in [-0.2, -0.15) is 0 Å². The maximum Gasteiger partial charge on any atom is 0.407 e. The SMILES string of the molecule is CC(C)(C)OC(=O)NCCCC[C@H](N)C(=O)OCc1ccc(OCCCO)cc1. The van der Waals surface area contributed by atoms with E-state index in [1.54, 1.807) is 32.9 Å². The molecule has 0 unspecified atom stereocenters. The molecule has 0 saturated carbocycles. The number of rotatable bonds is 12. The summed E-state index contributed by atoms with van der Waals surface area (Å²) >= 11 is 0. The van der Waals surface area contributed by atoms with E-state index < -0.39 is 23.7 Å². The van der Waals surface area contributed by atoms with E-state index in [1.165, 1.54) is 0 Å². The van der Waals surface area contributed by atoms with Gasteiger partial charge in [-0.3, -0.25) is 4.79 Å². The molecule has 8 heteroatoms. The molecule has 0 spiro atoms. The van der Waals surface area contributed by atoms with Gasteiger partial charge < -0.3 is 30.4 Å². The lowest BCUT2D eigenvalue weighted by atomic mass is 10.1. The topological polar surface area (TPSA) is 120 Å². The Morgan fingerprint density at radius 3 is 2.45 bits per heavy atom. The van der Waals surface area contributed by atoms with Gasteiger partial charge >= 0.3 is 12.1 Å². The van der Waals surface area contributed by atoms with Crippen molar-refractivity contribution in [2.24, 2.45) is 5.73 Å². The first-order chi connectivity index (χ1) is 13.7. The molecule has 1 rings (SSSR count). The predicted octanol–water partition coefficient (Wildman–Crippen LogP) is 2.51. The van der Waals surface area contributed by atoms with Crippen molar-refractivity contribution < 1.29 is 28.9 Å². The highest BCUT2D eigenvalue weighted by atomic mass is 16.6. The zero-order valence-corrected chi connectivity index (χ0v) is 17.6. The number of amides is 1. The molecule has 0 saturated heterocycles. The van der Waals surface area contributed by atoms with Crippen molar-refractivity contribution in [3.05, 3.63) is 29.8 Å². The van der Waals surface area contributed by atoms with Crippen LogP contribution in [0.4, 0.5) is 4.79 Å². The number of benzene rings is 1. The molecule has 0 aliphatic heterocycles. The number of hydrogen-bond donors (Lipinski definition) is 3. The Labute approximate surface area is 172 Å². The van der Waals surface area contributed by atoms with Crippen LogP contribution in [0, 0.1) is 0 Å². The normalized spacial score (nSPS) is 12.2. The number of aliphatic hydroxyl groups is 1. The van der Waals surface area contributed by atoms with Gasteiger partial charge in [0.25, 0.3) is 0 Å². The van der Waals surface area contributed by atoms with E-state index in [-0.39, 0.29) is 13.2 Å². The summed E-state index contributed by atoms with van der Waals surface area (Å²) in [5, 5.41) is 11.4. The zero-order chi connectivity index (χ0) is 21.7. The molecule has 0 aliphatic rings. The minimum atomic E-state index is -0.697. The largest absolute Gasteiger partial charge is 0.494 e. The van der Waals surface area contributed by atoms with Crippen LogP contribution in [0.15, 0.2) is 24.3 Å². The highest BCUT2D eigenvalue weighted by Crippen LogP contribution is 2.13. The summed E-state index contributed by atoms with van der Waals surface area (Å²) in [5.74, 6) is 0.249. The van der Waals surface area contributed by atoms with Crippen molar-refractivity contribution in [2.75, 3.05) is 19.8 Å². The summed E-state index contributed by atoms with van der Waals surface area (Å²) in [6, 6.07) is 6.51. The monoisotopic (exact) mass is 410 g/mol. The van der Waals surface area contributed by atoms with E-state index in [4.69, 9.17) is 25.1 Å². The number of esters is 1. The lowest BCUT2D eigenvalue weighted by Crippen LogP contribution is -2.34. The summed E-state index contributed by atoms with van der Waals surface area (Å²) in [6.07, 6.45) is 1.98. The Kier molecular flexibility index (Phi) is 11.1. The molecule has 0 bridgehead atoms. The second-order valence-corrected chi connectivity index (χ2v) is 7.71. The molecule has 29 heavy (non-hydrogen) atoms. The number of nitrogens with two attached hydrogens (primary N) is 1. The quantitative estimate of drug-likeness (QED) is 0.358. The van der Waals surface area contributed by atoms with Crippen LogP contribution in [0.25, 0.3) is 0 Å². The fourth-order valence-electron chi connectivity index (χ4n) is 2.31. The molecule has 1 atom stereocenters. The van der Waals surface area contributed by atoms with E-state index in [0.717, 1.165) is 5.56 Å². The van der Waals surface area contributed by atoms with Gasteiger partial charge in [0.05, 0.1) is 6.61 Å². The van der Waals surface area contributed by atoms with Crippen molar-refractivity contribution in [2.45, 2.75) is 64.7 Å². The molecule has 8 nitrogen and oxygen atoms in total. The highest BCUT2D eigenvalue weighted by Gasteiger charge is 2.16. The molecule has 4 N–H and O–H groups in total. The standard InChI is InChI=1S/C21H34N2O6/c1-21(2,3)29-20(26)23-12-5-4-7-18(22)19(25)28-15-16-8-10-17(11-9-16)27-14-6-13-24/h8-11,18,24H,4-7,12-15,22H2,1-3H3,(H,23,26)/t18-/m0/s1. The summed E-state index contributed by atoms with van der Waals surface area (Å²) in [4.78, 5) is 23.5. The Balaban J connectivity index is 2.18. The summed E-state index contributed by atoms with van der Waals surface area (Å²) in [7, 11) is 0. The number of aliphatic hydroxyl groups excluding tert-OH is 1. The minimum Gasteiger partial charge on any atom is -0.494 e. The fourth-order valence-corrected chi connectivity index (χ4v) is 2.31. The number of hydrogen-bond acceptors (Lipinski definition) is 7. The van der Waals surface area contributed by atoms with Crippen LogP contribution in [0.3, 0.4) is 0 Å². The van der Waals surface area contributed by atoms with Crippen LogP contribution in [0.5, 0.6) is 5.75 Å². The van der Waals surface area contributed by atoms with Gasteiger partial charge in [-0.15, -0.1) is 0 Å². The summed E-state index contributed by atoms with van der Waals surface area (Å²) in [6.45, 7) is 6.56. The minimum absolute atomic E-state index is 0.0918. The second kappa shape index (κ2) is 13.0. The van der Waals surface area contributed by atoms with Crippen molar-refractivity contribution in [3.63, 3.8) is 0 Å². The van der Waals surface area contributed by atoms with Crippen LogP contribution in [-0.2, 0) is 20.9 Å². The van der Waals surface area contributed by atoms with Crippen molar-refractivity contribution in [1.82, 2.24) is 5.32 Å². The average Bonchev–Trinajstić information content (AvgIpc) is 2.65. The first-order valence-corrected chi connectivity index (χ1v) is 9.93. The predicted molar refractivity (Wildman–Crippen MR) is 109 cm³/mol. The van der Waals surface area contributed by atoms with Gasteiger partial charge in [-0.25, -0.2) is 4.79 Å². The highest BCUT2D eigenvalue weighted by molar-refractivity contribution is 5.75. The van der Waals surface area contributed by atoms with Crippen LogP contribution < -0.4 is 15.8 Å². The maximum atomic E-state index is 12.0. The third kappa shape index (κ3) is 12.0. The van der Waals surface area contributed by atoms with Gasteiger partial charge in [0.1, 0.15) is 24.0 Å². The van der Waals surface area contributed by atoms with E-state index in [2.05, 4.69) is 5.32 Å². The molecule has 0 aromatic heterocycles. The molecule has 0 fully saturated rings. The lowest BCUT2D eigenvalue weighted by molar-refractivity contribution is -0.146. The fraction of sp³-hybridized carbons (Fsp3) is 0.619. The lowest BCUT2D eigenvalue weighted by Gasteiger charge is -2.19. The van der Waals surface area contributed by atoms with Crippen LogP contribution >= 0.6 is 0 Å². The maximum absolute atomic E-state index is 12.0. The van der Waals surface area contributed by atoms with Gasteiger partial charge in [0.15, 0.2) is 0 Å². The molecular formula is C21H34N2O6. The number of unbranched alkanes of at least 4 members (excludes halogenated alkanes) is 1. The van der Waals surface area contributed by atoms with E-state index in [0.29, 0.717) is 44.6 Å². The Morgan fingerprint density at radius 1 is 1.14 bits per heavy atom.